The summed E-state index contributed by atoms with van der Waals surface area (Å²) in [6.45, 7) is 3.24. The van der Waals surface area contributed by atoms with Gasteiger partial charge in [-0.1, -0.05) is 55.9 Å². The Balaban J connectivity index is 2.25. The second-order valence-electron chi connectivity index (χ2n) is 4.75. The Morgan fingerprint density at radius 1 is 1.00 bits per heavy atom. The van der Waals surface area contributed by atoms with Crippen molar-refractivity contribution in [1.82, 2.24) is 4.90 Å². The molecule has 0 radical (unpaired) electrons. The summed E-state index contributed by atoms with van der Waals surface area (Å²) in [5, 5.41) is 0. The minimum atomic E-state index is 1.01. The van der Waals surface area contributed by atoms with Gasteiger partial charge >= 0.3 is 0 Å². The molecule has 0 spiro atoms. The molecule has 0 bridgehead atoms. The molecule has 0 aromatic rings. The third-order valence-electron chi connectivity index (χ3n) is 3.19. The Labute approximate surface area is 122 Å². The van der Waals surface area contributed by atoms with Gasteiger partial charge in [-0.05, 0) is 30.7 Å². The van der Waals surface area contributed by atoms with Gasteiger partial charge in [-0.3, -0.25) is 0 Å². The fraction of sp³-hybridized carbons (Fsp3) is 0.263. The molecule has 20 heavy (non-hydrogen) atoms. The zero-order chi connectivity index (χ0) is 14.0. The molecule has 0 aromatic carbocycles. The van der Waals surface area contributed by atoms with Crippen LogP contribution in [0.5, 0.6) is 0 Å². The van der Waals surface area contributed by atoms with Gasteiger partial charge in [0.25, 0.3) is 0 Å². The Morgan fingerprint density at radius 2 is 1.90 bits per heavy atom. The zero-order valence-corrected chi connectivity index (χ0v) is 12.0. The fourth-order valence-corrected chi connectivity index (χ4v) is 2.14. The quantitative estimate of drug-likeness (QED) is 0.491. The smallest absolute Gasteiger partial charge is 0.0844 e. The molecular weight excluding hydrogens is 242 g/mol. The lowest BCUT2D eigenvalue weighted by Crippen LogP contribution is -2.21. The molecule has 0 aliphatic heterocycles. The lowest BCUT2D eigenvalue weighted by Gasteiger charge is -2.25. The van der Waals surface area contributed by atoms with E-state index >= 15 is 0 Å². The maximum atomic E-state index is 3.35. The lowest BCUT2D eigenvalue weighted by molar-refractivity contribution is 0.432. The summed E-state index contributed by atoms with van der Waals surface area (Å²) >= 11 is 0. The average molecular weight is 263 g/mol. The Kier molecular flexibility index (Phi) is 5.73. The van der Waals surface area contributed by atoms with Gasteiger partial charge in [0.15, 0.2) is 0 Å². The van der Waals surface area contributed by atoms with Crippen LogP contribution in [-0.4, -0.2) is 11.4 Å². The average Bonchev–Trinajstić information content (AvgIpc) is 2.88. The van der Waals surface area contributed by atoms with Crippen LogP contribution in [0.4, 0.5) is 0 Å². The van der Waals surface area contributed by atoms with Crippen LogP contribution in [0.15, 0.2) is 83.6 Å². The summed E-state index contributed by atoms with van der Waals surface area (Å²) in [5.41, 5.74) is 8.80. The summed E-state index contributed by atoms with van der Waals surface area (Å²) in [5.74, 6) is 0. The van der Waals surface area contributed by atoms with Crippen molar-refractivity contribution in [3.8, 4) is 0 Å². The van der Waals surface area contributed by atoms with Gasteiger partial charge in [0.2, 0.25) is 0 Å². The summed E-state index contributed by atoms with van der Waals surface area (Å²) in [6.07, 6.45) is 24.0. The third-order valence-corrected chi connectivity index (χ3v) is 3.19. The minimum Gasteiger partial charge on any atom is -0.335 e. The van der Waals surface area contributed by atoms with E-state index < -0.39 is 0 Å². The second-order valence-corrected chi connectivity index (χ2v) is 4.75. The van der Waals surface area contributed by atoms with Crippen LogP contribution in [0, 0.1) is 0 Å². The molecule has 0 aromatic heterocycles. The summed E-state index contributed by atoms with van der Waals surface area (Å²) in [4.78, 5) is 2.31. The van der Waals surface area contributed by atoms with Crippen molar-refractivity contribution in [3.63, 3.8) is 0 Å². The standard InChI is InChI=1S/C19H21N/c1-2-3-12-17-20(18-13-8-4-5-9-14-18)19-15-10-6-7-11-16-19/h4-10,13,15-16H,2-3,12,17H2,1H3. The van der Waals surface area contributed by atoms with Gasteiger partial charge in [0.1, 0.15) is 0 Å². The number of allylic oxidation sites excluding steroid dienone is 8. The lowest BCUT2D eigenvalue weighted by atomic mass is 10.2. The molecule has 0 unspecified atom stereocenters. The Hall–Kier alpha value is -2.20. The monoisotopic (exact) mass is 263 g/mol. The highest BCUT2D eigenvalue weighted by Crippen LogP contribution is 2.18. The molecule has 102 valence electrons. The highest BCUT2D eigenvalue weighted by atomic mass is 15.1. The first-order valence-corrected chi connectivity index (χ1v) is 7.29. The highest BCUT2D eigenvalue weighted by Gasteiger charge is 2.10. The first kappa shape index (κ1) is 14.2. The van der Waals surface area contributed by atoms with Crippen molar-refractivity contribution < 1.29 is 0 Å². The van der Waals surface area contributed by atoms with Crippen molar-refractivity contribution in [1.29, 1.82) is 0 Å². The molecule has 2 rings (SSSR count). The maximum absolute atomic E-state index is 3.35. The fourth-order valence-electron chi connectivity index (χ4n) is 2.14. The van der Waals surface area contributed by atoms with Crippen LogP contribution in [0.1, 0.15) is 26.2 Å². The van der Waals surface area contributed by atoms with E-state index in [0.29, 0.717) is 0 Å². The molecule has 0 heterocycles. The number of unbranched alkanes of at least 4 members (excludes halogenated alkanes) is 2. The van der Waals surface area contributed by atoms with Gasteiger partial charge in [-0.25, -0.2) is 0 Å². The number of rotatable bonds is 6. The van der Waals surface area contributed by atoms with Crippen LogP contribution in [0.25, 0.3) is 0 Å². The molecule has 2 aliphatic rings. The molecular formula is C19H21N. The van der Waals surface area contributed by atoms with Crippen LogP contribution >= 0.6 is 0 Å². The molecule has 0 saturated carbocycles. The van der Waals surface area contributed by atoms with Crippen LogP contribution in [0.2, 0.25) is 0 Å². The normalized spacial score (nSPS) is 15.8. The number of nitrogens with zero attached hydrogens (tertiary/aromatic N) is 1. The van der Waals surface area contributed by atoms with E-state index in [1.54, 1.807) is 0 Å². The van der Waals surface area contributed by atoms with Gasteiger partial charge in [-0.2, -0.15) is 0 Å². The van der Waals surface area contributed by atoms with Crippen LogP contribution in [0.3, 0.4) is 0 Å². The van der Waals surface area contributed by atoms with E-state index in [-0.39, 0.29) is 0 Å². The van der Waals surface area contributed by atoms with E-state index in [2.05, 4.69) is 47.6 Å². The van der Waals surface area contributed by atoms with E-state index in [1.807, 2.05) is 36.5 Å². The molecule has 2 aliphatic carbocycles. The first-order valence-electron chi connectivity index (χ1n) is 7.29. The van der Waals surface area contributed by atoms with E-state index in [0.717, 1.165) is 17.9 Å². The third kappa shape index (κ3) is 4.17. The van der Waals surface area contributed by atoms with Gasteiger partial charge < -0.3 is 4.90 Å². The summed E-state index contributed by atoms with van der Waals surface area (Å²) in [7, 11) is 0. The molecule has 1 nitrogen and oxygen atoms in total. The van der Waals surface area contributed by atoms with E-state index in [4.69, 9.17) is 0 Å². The van der Waals surface area contributed by atoms with Crippen LogP contribution < -0.4 is 0 Å². The molecule has 0 N–H and O–H groups in total. The molecule has 1 heteroatoms. The van der Waals surface area contributed by atoms with Crippen molar-refractivity contribution in [2.45, 2.75) is 26.2 Å². The predicted molar refractivity (Wildman–Crippen MR) is 86.0 cm³/mol. The SMILES string of the molecule is CCCCCN(C1=C=CC=CC=C1)C1=CC=CC=C=C1. The molecule has 0 saturated heterocycles. The number of hydrogen-bond donors (Lipinski definition) is 0. The minimum absolute atomic E-state index is 1.01. The number of hydrogen-bond acceptors (Lipinski definition) is 1. The second kappa shape index (κ2) is 8.07. The van der Waals surface area contributed by atoms with Crippen molar-refractivity contribution in [2.24, 2.45) is 0 Å². The summed E-state index contributed by atoms with van der Waals surface area (Å²) < 4.78 is 0. The Bertz CT molecular complexity index is 569. The zero-order valence-electron chi connectivity index (χ0n) is 12.0. The molecule has 0 amide bonds. The van der Waals surface area contributed by atoms with Crippen molar-refractivity contribution in [2.75, 3.05) is 6.54 Å². The van der Waals surface area contributed by atoms with E-state index in [9.17, 15) is 0 Å². The van der Waals surface area contributed by atoms with Gasteiger partial charge in [0, 0.05) is 18.3 Å². The van der Waals surface area contributed by atoms with Crippen molar-refractivity contribution >= 4 is 0 Å². The van der Waals surface area contributed by atoms with Crippen LogP contribution in [-0.2, 0) is 0 Å². The summed E-state index contributed by atoms with van der Waals surface area (Å²) in [6, 6.07) is 0. The topological polar surface area (TPSA) is 3.24 Å². The molecule has 0 fully saturated rings. The maximum Gasteiger partial charge on any atom is 0.0844 e. The van der Waals surface area contributed by atoms with Crippen molar-refractivity contribution in [3.05, 3.63) is 83.6 Å². The van der Waals surface area contributed by atoms with Gasteiger partial charge in [-0.15, -0.1) is 5.73 Å². The Morgan fingerprint density at radius 3 is 2.80 bits per heavy atom. The first-order chi connectivity index (χ1) is 9.92. The largest absolute Gasteiger partial charge is 0.335 e. The molecule has 0 atom stereocenters. The van der Waals surface area contributed by atoms with Gasteiger partial charge in [0.05, 0.1) is 5.70 Å². The highest BCUT2D eigenvalue weighted by molar-refractivity contribution is 5.35. The predicted octanol–water partition coefficient (Wildman–Crippen LogP) is 4.81. The van der Waals surface area contributed by atoms with E-state index in [1.165, 1.54) is 19.3 Å².